The zero-order chi connectivity index (χ0) is 19.1. The lowest BCUT2D eigenvalue weighted by Crippen LogP contribution is -2.21. The normalized spacial score (nSPS) is 11.0. The van der Waals surface area contributed by atoms with Gasteiger partial charge in [0.05, 0.1) is 19.2 Å². The Morgan fingerprint density at radius 3 is 2.38 bits per heavy atom. The molecule has 2 aromatic rings. The summed E-state index contributed by atoms with van der Waals surface area (Å²) in [6, 6.07) is 11.3. The molecule has 0 fully saturated rings. The van der Waals surface area contributed by atoms with Gasteiger partial charge in [0.15, 0.2) is 0 Å². The van der Waals surface area contributed by atoms with E-state index in [4.69, 9.17) is 27.9 Å². The van der Waals surface area contributed by atoms with Crippen molar-refractivity contribution in [2.75, 3.05) is 12.4 Å². The Labute approximate surface area is 161 Å². The number of ether oxygens (including phenoxy) is 1. The molecule has 0 saturated carbocycles. The Kier molecular flexibility index (Phi) is 7.00. The van der Waals surface area contributed by atoms with E-state index in [1.54, 1.807) is 49.4 Å². The van der Waals surface area contributed by atoms with Crippen molar-refractivity contribution in [3.8, 4) is 5.75 Å². The number of benzene rings is 2. The van der Waals surface area contributed by atoms with E-state index in [1.807, 2.05) is 0 Å². The number of carbonyl (C=O) groups excluding carboxylic acids is 2. The Bertz CT molecular complexity index is 836. The highest BCUT2D eigenvalue weighted by atomic mass is 35.5. The maximum Gasteiger partial charge on any atom is 0.271 e. The van der Waals surface area contributed by atoms with Gasteiger partial charge in [-0.25, -0.2) is 5.43 Å². The zero-order valence-corrected chi connectivity index (χ0v) is 15.7. The molecule has 0 aromatic heterocycles. The number of hydrogen-bond donors (Lipinski definition) is 2. The minimum atomic E-state index is -0.391. The second-order valence-corrected chi connectivity index (χ2v) is 6.24. The van der Waals surface area contributed by atoms with Gasteiger partial charge in [-0.05, 0) is 49.4 Å². The molecule has 0 aliphatic carbocycles. The molecule has 0 atom stereocenters. The largest absolute Gasteiger partial charge is 0.495 e. The minimum Gasteiger partial charge on any atom is -0.495 e. The summed E-state index contributed by atoms with van der Waals surface area (Å²) in [5.41, 5.74) is 3.71. The average Bonchev–Trinajstić information content (AvgIpc) is 2.60. The molecule has 8 heteroatoms. The Hall–Kier alpha value is -2.57. The lowest BCUT2D eigenvalue weighted by Gasteiger charge is -2.10. The van der Waals surface area contributed by atoms with Crippen LogP contribution in [0, 0.1) is 0 Å². The van der Waals surface area contributed by atoms with Gasteiger partial charge in [-0.2, -0.15) is 5.10 Å². The van der Waals surface area contributed by atoms with Crippen LogP contribution in [0.25, 0.3) is 0 Å². The predicted molar refractivity (Wildman–Crippen MR) is 103 cm³/mol. The number of halogens is 2. The highest BCUT2D eigenvalue weighted by Gasteiger charge is 2.10. The standard InChI is InChI=1S/C18H17Cl2N3O3/c1-11(22-23-18(25)12-3-5-13(19)6-4-12)9-17(24)21-15-10-14(20)7-8-16(15)26-2/h3-8,10H,9H2,1-2H3,(H,21,24)(H,23,25)/b22-11+. The van der Waals surface area contributed by atoms with Crippen LogP contribution in [-0.2, 0) is 4.79 Å². The molecular weight excluding hydrogens is 377 g/mol. The lowest BCUT2D eigenvalue weighted by atomic mass is 10.2. The van der Waals surface area contributed by atoms with Gasteiger partial charge >= 0.3 is 0 Å². The summed E-state index contributed by atoms with van der Waals surface area (Å²) in [5, 5.41) is 7.64. The van der Waals surface area contributed by atoms with Crippen LogP contribution in [0.3, 0.4) is 0 Å². The van der Waals surface area contributed by atoms with Crippen molar-refractivity contribution < 1.29 is 14.3 Å². The van der Waals surface area contributed by atoms with Gasteiger partial charge in [-0.1, -0.05) is 23.2 Å². The quantitative estimate of drug-likeness (QED) is 0.571. The van der Waals surface area contributed by atoms with Crippen LogP contribution < -0.4 is 15.5 Å². The molecule has 136 valence electrons. The first kappa shape index (κ1) is 19.8. The van der Waals surface area contributed by atoms with Crippen molar-refractivity contribution in [2.45, 2.75) is 13.3 Å². The predicted octanol–water partition coefficient (Wildman–Crippen LogP) is 4.14. The van der Waals surface area contributed by atoms with Crippen molar-refractivity contribution in [1.29, 1.82) is 0 Å². The van der Waals surface area contributed by atoms with Crippen molar-refractivity contribution in [2.24, 2.45) is 5.10 Å². The van der Waals surface area contributed by atoms with E-state index in [9.17, 15) is 9.59 Å². The fourth-order valence-electron chi connectivity index (χ4n) is 2.06. The number of nitrogens with one attached hydrogen (secondary N) is 2. The molecule has 0 radical (unpaired) electrons. The first-order valence-corrected chi connectivity index (χ1v) is 8.37. The number of methoxy groups -OCH3 is 1. The lowest BCUT2D eigenvalue weighted by molar-refractivity contribution is -0.115. The molecule has 6 nitrogen and oxygen atoms in total. The summed E-state index contributed by atoms with van der Waals surface area (Å²) in [5.74, 6) is -0.209. The van der Waals surface area contributed by atoms with Crippen LogP contribution in [0.4, 0.5) is 5.69 Å². The van der Waals surface area contributed by atoms with Gasteiger partial charge in [0.25, 0.3) is 5.91 Å². The fraction of sp³-hybridized carbons (Fsp3) is 0.167. The molecule has 0 spiro atoms. The average molecular weight is 394 g/mol. The van der Waals surface area contributed by atoms with Crippen molar-refractivity contribution in [3.63, 3.8) is 0 Å². The van der Waals surface area contributed by atoms with Crippen LogP contribution in [0.2, 0.25) is 10.0 Å². The van der Waals surface area contributed by atoms with E-state index in [1.165, 1.54) is 7.11 Å². The van der Waals surface area contributed by atoms with Gasteiger partial charge in [-0.3, -0.25) is 9.59 Å². The molecule has 0 aliphatic heterocycles. The first-order chi connectivity index (χ1) is 12.4. The third-order valence-corrected chi connectivity index (χ3v) is 3.79. The molecule has 0 saturated heterocycles. The molecule has 2 N–H and O–H groups in total. The van der Waals surface area contributed by atoms with Gasteiger partial charge in [0.2, 0.25) is 5.91 Å². The van der Waals surface area contributed by atoms with E-state index in [0.717, 1.165) is 0 Å². The highest BCUT2D eigenvalue weighted by molar-refractivity contribution is 6.31. The summed E-state index contributed by atoms with van der Waals surface area (Å²) >= 11 is 11.7. The zero-order valence-electron chi connectivity index (χ0n) is 14.2. The van der Waals surface area contributed by atoms with Gasteiger partial charge in [-0.15, -0.1) is 0 Å². The van der Waals surface area contributed by atoms with Crippen molar-refractivity contribution >= 4 is 46.4 Å². The Morgan fingerprint density at radius 2 is 1.73 bits per heavy atom. The molecular formula is C18H17Cl2N3O3. The number of carbonyl (C=O) groups is 2. The third kappa shape index (κ3) is 5.75. The smallest absolute Gasteiger partial charge is 0.271 e. The summed E-state index contributed by atoms with van der Waals surface area (Å²) in [6.07, 6.45) is -0.00341. The number of rotatable bonds is 6. The molecule has 26 heavy (non-hydrogen) atoms. The summed E-state index contributed by atoms with van der Waals surface area (Å²) in [6.45, 7) is 1.64. The molecule has 2 aromatic carbocycles. The van der Waals surface area contributed by atoms with Crippen LogP contribution in [-0.4, -0.2) is 24.6 Å². The second-order valence-electron chi connectivity index (χ2n) is 5.36. The summed E-state index contributed by atoms with van der Waals surface area (Å²) in [4.78, 5) is 24.1. The monoisotopic (exact) mass is 393 g/mol. The molecule has 0 unspecified atom stereocenters. The van der Waals surface area contributed by atoms with Crippen LogP contribution in [0.1, 0.15) is 23.7 Å². The third-order valence-electron chi connectivity index (χ3n) is 3.31. The van der Waals surface area contributed by atoms with Gasteiger partial charge in [0, 0.05) is 21.3 Å². The van der Waals surface area contributed by atoms with E-state index in [0.29, 0.717) is 32.8 Å². The van der Waals surface area contributed by atoms with Crippen molar-refractivity contribution in [1.82, 2.24) is 5.43 Å². The SMILES string of the molecule is COc1ccc(Cl)cc1NC(=O)C/C(C)=N/NC(=O)c1ccc(Cl)cc1. The summed E-state index contributed by atoms with van der Waals surface area (Å²) < 4.78 is 5.17. The number of amides is 2. The minimum absolute atomic E-state index is 0.00341. The Morgan fingerprint density at radius 1 is 1.08 bits per heavy atom. The Balaban J connectivity index is 1.94. The van der Waals surface area contributed by atoms with Crippen LogP contribution >= 0.6 is 23.2 Å². The topological polar surface area (TPSA) is 79.8 Å². The number of hydrazone groups is 1. The number of nitrogens with zero attached hydrogens (tertiary/aromatic N) is 1. The molecule has 2 amide bonds. The fourth-order valence-corrected chi connectivity index (χ4v) is 2.35. The number of anilines is 1. The first-order valence-electron chi connectivity index (χ1n) is 7.61. The van der Waals surface area contributed by atoms with Gasteiger partial charge < -0.3 is 10.1 Å². The van der Waals surface area contributed by atoms with Crippen molar-refractivity contribution in [3.05, 3.63) is 58.1 Å². The maximum atomic E-state index is 12.1. The molecule has 0 aliphatic rings. The molecule has 0 heterocycles. The molecule has 0 bridgehead atoms. The van der Waals surface area contributed by atoms with Crippen LogP contribution in [0.5, 0.6) is 5.75 Å². The van der Waals surface area contributed by atoms with E-state index in [2.05, 4.69) is 15.8 Å². The second kappa shape index (κ2) is 9.22. The summed E-state index contributed by atoms with van der Waals surface area (Å²) in [7, 11) is 1.50. The molecule has 2 rings (SSSR count). The van der Waals surface area contributed by atoms with Gasteiger partial charge in [0.1, 0.15) is 5.75 Å². The highest BCUT2D eigenvalue weighted by Crippen LogP contribution is 2.27. The van der Waals surface area contributed by atoms with E-state index in [-0.39, 0.29) is 12.3 Å². The maximum absolute atomic E-state index is 12.1. The van der Waals surface area contributed by atoms with E-state index < -0.39 is 5.91 Å². The van der Waals surface area contributed by atoms with Crippen LogP contribution in [0.15, 0.2) is 47.6 Å². The van der Waals surface area contributed by atoms with E-state index >= 15 is 0 Å². The number of hydrogen-bond acceptors (Lipinski definition) is 4.